The highest BCUT2D eigenvalue weighted by Crippen LogP contribution is 2.39. The summed E-state index contributed by atoms with van der Waals surface area (Å²) in [5, 5.41) is 7.71. The van der Waals surface area contributed by atoms with Crippen LogP contribution in [0.4, 0.5) is 13.2 Å². The molecule has 0 bridgehead atoms. The SMILES string of the molecule is O=C(N[C@@H]1CCCCc2nn(-c3ccnc(C4CC4)c3)cc21)c1cccc(C(F)(F)F)c1. The van der Waals surface area contributed by atoms with E-state index in [1.165, 1.54) is 12.1 Å². The van der Waals surface area contributed by atoms with E-state index in [0.29, 0.717) is 12.3 Å². The molecule has 166 valence electrons. The lowest BCUT2D eigenvalue weighted by Gasteiger charge is -2.17. The Labute approximate surface area is 183 Å². The Kier molecular flexibility index (Phi) is 5.23. The minimum atomic E-state index is -4.49. The van der Waals surface area contributed by atoms with E-state index in [1.807, 2.05) is 16.9 Å². The van der Waals surface area contributed by atoms with Crippen LogP contribution in [0, 0.1) is 0 Å². The number of hydrogen-bond donors (Lipinski definition) is 1. The smallest absolute Gasteiger partial charge is 0.345 e. The van der Waals surface area contributed by atoms with Crippen LogP contribution >= 0.6 is 0 Å². The molecule has 2 aromatic heterocycles. The zero-order valence-electron chi connectivity index (χ0n) is 17.4. The largest absolute Gasteiger partial charge is 0.416 e. The monoisotopic (exact) mass is 440 g/mol. The molecular formula is C24H23F3N4O. The summed E-state index contributed by atoms with van der Waals surface area (Å²) in [6.07, 6.45) is 4.94. The minimum absolute atomic E-state index is 0.00113. The van der Waals surface area contributed by atoms with Gasteiger partial charge in [0.15, 0.2) is 0 Å². The quantitative estimate of drug-likeness (QED) is 0.556. The van der Waals surface area contributed by atoms with Crippen molar-refractivity contribution in [3.8, 4) is 5.69 Å². The van der Waals surface area contributed by atoms with Gasteiger partial charge in [-0.15, -0.1) is 0 Å². The van der Waals surface area contributed by atoms with Gasteiger partial charge in [-0.25, -0.2) is 4.68 Å². The van der Waals surface area contributed by atoms with Crippen LogP contribution in [0.1, 0.15) is 76.9 Å². The molecule has 8 heteroatoms. The van der Waals surface area contributed by atoms with Crippen molar-refractivity contribution in [1.29, 1.82) is 0 Å². The lowest BCUT2D eigenvalue weighted by atomic mass is 10.0. The van der Waals surface area contributed by atoms with Gasteiger partial charge in [0.2, 0.25) is 0 Å². The first-order chi connectivity index (χ1) is 15.4. The van der Waals surface area contributed by atoms with E-state index in [4.69, 9.17) is 5.10 Å². The number of alkyl halides is 3. The maximum absolute atomic E-state index is 13.0. The average Bonchev–Trinajstić information content (AvgIpc) is 3.58. The second kappa shape index (κ2) is 8.07. The number of hydrogen-bond acceptors (Lipinski definition) is 3. The summed E-state index contributed by atoms with van der Waals surface area (Å²) in [6.45, 7) is 0. The third-order valence-electron chi connectivity index (χ3n) is 6.14. The second-order valence-corrected chi connectivity index (χ2v) is 8.54. The summed E-state index contributed by atoms with van der Waals surface area (Å²) in [6, 6.07) is 8.20. The highest BCUT2D eigenvalue weighted by molar-refractivity contribution is 5.94. The number of nitrogens with zero attached hydrogens (tertiary/aromatic N) is 3. The van der Waals surface area contributed by atoms with Gasteiger partial charge in [-0.1, -0.05) is 12.5 Å². The molecule has 1 atom stereocenters. The molecule has 1 N–H and O–H groups in total. The molecule has 0 aliphatic heterocycles. The molecule has 3 aromatic rings. The molecule has 1 aromatic carbocycles. The lowest BCUT2D eigenvalue weighted by Crippen LogP contribution is -2.28. The van der Waals surface area contributed by atoms with Crippen molar-refractivity contribution in [2.24, 2.45) is 0 Å². The number of amides is 1. The summed E-state index contributed by atoms with van der Waals surface area (Å²) in [7, 11) is 0. The number of fused-ring (bicyclic) bond motifs is 1. The van der Waals surface area contributed by atoms with Crippen molar-refractivity contribution in [2.75, 3.05) is 0 Å². The summed E-state index contributed by atoms with van der Waals surface area (Å²) >= 11 is 0. The Morgan fingerprint density at radius 2 is 1.94 bits per heavy atom. The van der Waals surface area contributed by atoms with E-state index >= 15 is 0 Å². The lowest BCUT2D eigenvalue weighted by molar-refractivity contribution is -0.137. The van der Waals surface area contributed by atoms with E-state index in [2.05, 4.69) is 16.4 Å². The molecule has 2 heterocycles. The summed E-state index contributed by atoms with van der Waals surface area (Å²) < 4.78 is 40.9. The summed E-state index contributed by atoms with van der Waals surface area (Å²) in [4.78, 5) is 17.3. The van der Waals surface area contributed by atoms with Crippen LogP contribution in [0.25, 0.3) is 5.69 Å². The Morgan fingerprint density at radius 3 is 2.72 bits per heavy atom. The molecule has 1 saturated carbocycles. The van der Waals surface area contributed by atoms with E-state index in [0.717, 1.165) is 66.9 Å². The van der Waals surface area contributed by atoms with Gasteiger partial charge < -0.3 is 5.32 Å². The fourth-order valence-electron chi connectivity index (χ4n) is 4.25. The van der Waals surface area contributed by atoms with Gasteiger partial charge in [-0.05, 0) is 62.4 Å². The number of pyridine rings is 1. The molecule has 0 saturated heterocycles. The van der Waals surface area contributed by atoms with Crippen LogP contribution in [0.2, 0.25) is 0 Å². The predicted molar refractivity (Wildman–Crippen MR) is 113 cm³/mol. The van der Waals surface area contributed by atoms with E-state index in [1.54, 1.807) is 6.20 Å². The van der Waals surface area contributed by atoms with Crippen LogP contribution < -0.4 is 5.32 Å². The molecule has 1 fully saturated rings. The molecular weight excluding hydrogens is 417 g/mol. The van der Waals surface area contributed by atoms with Gasteiger partial charge in [0.1, 0.15) is 0 Å². The molecule has 5 nitrogen and oxygen atoms in total. The third-order valence-corrected chi connectivity index (χ3v) is 6.14. The minimum Gasteiger partial charge on any atom is -0.345 e. The van der Waals surface area contributed by atoms with Crippen LogP contribution in [0.15, 0.2) is 48.8 Å². The van der Waals surface area contributed by atoms with Crippen molar-refractivity contribution >= 4 is 5.91 Å². The average molecular weight is 440 g/mol. The highest BCUT2D eigenvalue weighted by atomic mass is 19.4. The van der Waals surface area contributed by atoms with Crippen LogP contribution in [-0.4, -0.2) is 20.7 Å². The molecule has 2 aliphatic rings. The summed E-state index contributed by atoms with van der Waals surface area (Å²) in [5.41, 5.74) is 3.01. The molecule has 1 amide bonds. The van der Waals surface area contributed by atoms with Gasteiger partial charge in [-0.2, -0.15) is 18.3 Å². The van der Waals surface area contributed by atoms with Crippen molar-refractivity contribution in [2.45, 2.75) is 56.7 Å². The number of carbonyl (C=O) groups is 1. The Bertz CT molecular complexity index is 1150. The first kappa shape index (κ1) is 20.7. The fraction of sp³-hybridized carbons (Fsp3) is 0.375. The Morgan fingerprint density at radius 1 is 1.09 bits per heavy atom. The Hall–Kier alpha value is -3.16. The van der Waals surface area contributed by atoms with Gasteiger partial charge in [0, 0.05) is 35.1 Å². The number of rotatable bonds is 4. The normalized spacial score (nSPS) is 18.7. The van der Waals surface area contributed by atoms with E-state index in [9.17, 15) is 18.0 Å². The molecule has 0 radical (unpaired) electrons. The number of aryl methyl sites for hydroxylation is 1. The second-order valence-electron chi connectivity index (χ2n) is 8.54. The number of nitrogens with one attached hydrogen (secondary N) is 1. The summed E-state index contributed by atoms with van der Waals surface area (Å²) in [5.74, 6) is 0.0180. The Balaban J connectivity index is 1.41. The first-order valence-electron chi connectivity index (χ1n) is 10.9. The first-order valence-corrected chi connectivity index (χ1v) is 10.9. The highest BCUT2D eigenvalue weighted by Gasteiger charge is 2.31. The van der Waals surface area contributed by atoms with Crippen molar-refractivity contribution in [3.63, 3.8) is 0 Å². The third kappa shape index (κ3) is 4.26. The maximum Gasteiger partial charge on any atom is 0.416 e. The molecule has 0 unspecified atom stereocenters. The maximum atomic E-state index is 13.0. The number of halogens is 3. The number of aromatic nitrogens is 3. The topological polar surface area (TPSA) is 59.8 Å². The van der Waals surface area contributed by atoms with Crippen molar-refractivity contribution < 1.29 is 18.0 Å². The van der Waals surface area contributed by atoms with Crippen molar-refractivity contribution in [1.82, 2.24) is 20.1 Å². The fourth-order valence-corrected chi connectivity index (χ4v) is 4.25. The molecule has 5 rings (SSSR count). The van der Waals surface area contributed by atoms with Crippen LogP contribution in [0.5, 0.6) is 0 Å². The van der Waals surface area contributed by atoms with Gasteiger partial charge in [-0.3, -0.25) is 9.78 Å². The zero-order valence-corrected chi connectivity index (χ0v) is 17.4. The van der Waals surface area contributed by atoms with Crippen molar-refractivity contribution in [3.05, 3.63) is 76.9 Å². The number of carbonyl (C=O) groups excluding carboxylic acids is 1. The molecule has 0 spiro atoms. The molecule has 32 heavy (non-hydrogen) atoms. The standard InChI is InChI=1S/C24H23F3N4O/c25-24(26,27)17-5-3-4-16(12-17)23(32)29-20-6-1-2-7-21-19(20)14-31(30-21)18-10-11-28-22(13-18)15-8-9-15/h3-5,10-15,20H,1-2,6-9H2,(H,29,32)/t20-/m1/s1. The van der Waals surface area contributed by atoms with Gasteiger partial charge >= 0.3 is 6.18 Å². The molecule has 2 aliphatic carbocycles. The van der Waals surface area contributed by atoms with Crippen LogP contribution in [0.3, 0.4) is 0 Å². The van der Waals surface area contributed by atoms with Crippen LogP contribution in [-0.2, 0) is 12.6 Å². The van der Waals surface area contributed by atoms with E-state index in [-0.39, 0.29) is 11.6 Å². The predicted octanol–water partition coefficient (Wildman–Crippen LogP) is 5.36. The van der Waals surface area contributed by atoms with Gasteiger partial charge in [0.25, 0.3) is 5.91 Å². The van der Waals surface area contributed by atoms with Gasteiger partial charge in [0.05, 0.1) is 23.0 Å². The zero-order chi connectivity index (χ0) is 22.3. The van der Waals surface area contributed by atoms with E-state index < -0.39 is 17.6 Å². The number of benzene rings is 1.